The fraction of sp³-hybridized carbons (Fsp3) is 0.217. The zero-order valence-electron chi connectivity index (χ0n) is 17.0. The van der Waals surface area contributed by atoms with Crippen LogP contribution in [0.2, 0.25) is 0 Å². The van der Waals surface area contributed by atoms with Crippen LogP contribution in [0.1, 0.15) is 32.9 Å². The molecule has 3 aromatic rings. The zero-order valence-corrected chi connectivity index (χ0v) is 17.0. The molecule has 6 heteroatoms. The Bertz CT molecular complexity index is 1050. The van der Waals surface area contributed by atoms with Gasteiger partial charge in [-0.05, 0) is 69.2 Å². The molecule has 2 aromatic carbocycles. The standard InChI is InChI=1S/C23H24FN3O2/c1-14-6-5-7-15(2)22(14)26-21(28)13-25-23(29)20-12-16(3)27(17(20)4)19-10-8-18(24)9-11-19/h5-12H,13H2,1-4H3,(H,25,29)(H,26,28). The summed E-state index contributed by atoms with van der Waals surface area (Å²) in [6.45, 7) is 7.41. The topological polar surface area (TPSA) is 63.1 Å². The molecule has 29 heavy (non-hydrogen) atoms. The Morgan fingerprint density at radius 2 is 1.59 bits per heavy atom. The van der Waals surface area contributed by atoms with Gasteiger partial charge in [0.1, 0.15) is 5.82 Å². The Hall–Kier alpha value is -3.41. The van der Waals surface area contributed by atoms with Gasteiger partial charge in [0.2, 0.25) is 5.91 Å². The predicted octanol–water partition coefficient (Wildman–Crippen LogP) is 4.22. The number of nitrogens with one attached hydrogen (secondary N) is 2. The van der Waals surface area contributed by atoms with Crippen LogP contribution in [-0.4, -0.2) is 22.9 Å². The number of hydrogen-bond acceptors (Lipinski definition) is 2. The molecule has 150 valence electrons. The number of carbonyl (C=O) groups is 2. The van der Waals surface area contributed by atoms with Crippen molar-refractivity contribution < 1.29 is 14.0 Å². The largest absolute Gasteiger partial charge is 0.343 e. The van der Waals surface area contributed by atoms with Crippen LogP contribution in [-0.2, 0) is 4.79 Å². The number of benzene rings is 2. The van der Waals surface area contributed by atoms with Gasteiger partial charge in [0, 0.05) is 22.8 Å². The Morgan fingerprint density at radius 1 is 0.966 bits per heavy atom. The first-order chi connectivity index (χ1) is 13.8. The molecule has 0 aliphatic carbocycles. The fourth-order valence-electron chi connectivity index (χ4n) is 3.43. The normalized spacial score (nSPS) is 10.7. The monoisotopic (exact) mass is 393 g/mol. The fourth-order valence-corrected chi connectivity index (χ4v) is 3.43. The van der Waals surface area contributed by atoms with E-state index in [-0.39, 0.29) is 24.2 Å². The van der Waals surface area contributed by atoms with Crippen molar-refractivity contribution >= 4 is 17.5 Å². The molecule has 1 aromatic heterocycles. The third-order valence-electron chi connectivity index (χ3n) is 4.92. The van der Waals surface area contributed by atoms with Crippen molar-refractivity contribution in [1.82, 2.24) is 9.88 Å². The minimum Gasteiger partial charge on any atom is -0.343 e. The summed E-state index contributed by atoms with van der Waals surface area (Å²) in [7, 11) is 0. The number of anilines is 1. The van der Waals surface area contributed by atoms with Gasteiger partial charge in [-0.25, -0.2) is 4.39 Å². The number of aryl methyl sites for hydroxylation is 3. The van der Waals surface area contributed by atoms with E-state index in [2.05, 4.69) is 10.6 Å². The zero-order chi connectivity index (χ0) is 21.1. The van der Waals surface area contributed by atoms with Crippen LogP contribution >= 0.6 is 0 Å². The highest BCUT2D eigenvalue weighted by molar-refractivity contribution is 6.00. The number of halogens is 1. The van der Waals surface area contributed by atoms with Gasteiger partial charge in [0.25, 0.3) is 5.91 Å². The number of aromatic nitrogens is 1. The van der Waals surface area contributed by atoms with Crippen molar-refractivity contribution in [3.05, 3.63) is 82.4 Å². The molecule has 0 fully saturated rings. The molecule has 0 spiro atoms. The lowest BCUT2D eigenvalue weighted by molar-refractivity contribution is -0.115. The number of rotatable bonds is 5. The molecular weight excluding hydrogens is 369 g/mol. The first-order valence-corrected chi connectivity index (χ1v) is 9.37. The summed E-state index contributed by atoms with van der Waals surface area (Å²) in [5, 5.41) is 5.53. The van der Waals surface area contributed by atoms with Gasteiger partial charge in [-0.2, -0.15) is 0 Å². The minimum atomic E-state index is -0.330. The number of carbonyl (C=O) groups excluding carboxylic acids is 2. The van der Waals surface area contributed by atoms with Crippen LogP contribution in [0.5, 0.6) is 0 Å². The lowest BCUT2D eigenvalue weighted by atomic mass is 10.1. The highest BCUT2D eigenvalue weighted by Gasteiger charge is 2.17. The van der Waals surface area contributed by atoms with Crippen molar-refractivity contribution in [2.24, 2.45) is 0 Å². The Kier molecular flexibility index (Phi) is 5.82. The molecule has 0 saturated carbocycles. The van der Waals surface area contributed by atoms with Gasteiger partial charge in [0.05, 0.1) is 12.1 Å². The second-order valence-electron chi connectivity index (χ2n) is 7.09. The summed E-state index contributed by atoms with van der Waals surface area (Å²) >= 11 is 0. The van der Waals surface area contributed by atoms with Crippen molar-refractivity contribution in [3.8, 4) is 5.69 Å². The average Bonchev–Trinajstić information content (AvgIpc) is 2.98. The van der Waals surface area contributed by atoms with E-state index in [0.717, 1.165) is 33.9 Å². The lowest BCUT2D eigenvalue weighted by Crippen LogP contribution is -2.33. The highest BCUT2D eigenvalue weighted by atomic mass is 19.1. The van der Waals surface area contributed by atoms with Crippen LogP contribution in [0.4, 0.5) is 10.1 Å². The molecule has 2 N–H and O–H groups in total. The Morgan fingerprint density at radius 3 is 2.21 bits per heavy atom. The van der Waals surface area contributed by atoms with E-state index in [1.807, 2.05) is 50.5 Å². The lowest BCUT2D eigenvalue weighted by Gasteiger charge is -2.12. The molecule has 0 radical (unpaired) electrons. The number of nitrogens with zero attached hydrogens (tertiary/aromatic N) is 1. The second kappa shape index (κ2) is 8.31. The first-order valence-electron chi connectivity index (χ1n) is 9.37. The van der Waals surface area contributed by atoms with Crippen molar-refractivity contribution in [3.63, 3.8) is 0 Å². The maximum Gasteiger partial charge on any atom is 0.253 e. The summed E-state index contributed by atoms with van der Waals surface area (Å²) in [4.78, 5) is 24.9. The van der Waals surface area contributed by atoms with E-state index in [4.69, 9.17) is 0 Å². The maximum atomic E-state index is 13.2. The third kappa shape index (κ3) is 4.37. The van der Waals surface area contributed by atoms with Gasteiger partial charge in [-0.1, -0.05) is 18.2 Å². The van der Waals surface area contributed by atoms with Gasteiger partial charge in [0.15, 0.2) is 0 Å². The molecule has 0 unspecified atom stereocenters. The third-order valence-corrected chi connectivity index (χ3v) is 4.92. The van der Waals surface area contributed by atoms with Crippen LogP contribution in [0.3, 0.4) is 0 Å². The van der Waals surface area contributed by atoms with E-state index < -0.39 is 0 Å². The average molecular weight is 393 g/mol. The summed E-state index contributed by atoms with van der Waals surface area (Å²) < 4.78 is 15.1. The van der Waals surface area contributed by atoms with Crippen molar-refractivity contribution in [2.75, 3.05) is 11.9 Å². The molecule has 1 heterocycles. The predicted molar refractivity (Wildman–Crippen MR) is 112 cm³/mol. The molecule has 2 amide bonds. The van der Waals surface area contributed by atoms with Crippen molar-refractivity contribution in [1.29, 1.82) is 0 Å². The minimum absolute atomic E-state index is 0.132. The molecule has 0 aliphatic heterocycles. The quantitative estimate of drug-likeness (QED) is 0.682. The smallest absolute Gasteiger partial charge is 0.253 e. The molecule has 0 saturated heterocycles. The molecule has 0 bridgehead atoms. The number of hydrogen-bond donors (Lipinski definition) is 2. The molecule has 0 atom stereocenters. The Balaban J connectivity index is 1.71. The van der Waals surface area contributed by atoms with E-state index in [0.29, 0.717) is 5.56 Å². The molecular formula is C23H24FN3O2. The Labute approximate surface area is 169 Å². The summed E-state index contributed by atoms with van der Waals surface area (Å²) in [6.07, 6.45) is 0. The molecule has 3 rings (SSSR count). The van der Waals surface area contributed by atoms with Crippen LogP contribution in [0, 0.1) is 33.5 Å². The summed E-state index contributed by atoms with van der Waals surface area (Å²) in [6, 6.07) is 13.6. The van der Waals surface area contributed by atoms with Crippen LogP contribution < -0.4 is 10.6 Å². The first kappa shape index (κ1) is 20.3. The molecule has 0 aliphatic rings. The van der Waals surface area contributed by atoms with Gasteiger partial charge < -0.3 is 15.2 Å². The summed E-state index contributed by atoms with van der Waals surface area (Å²) in [5.74, 6) is -0.935. The number of para-hydroxylation sites is 1. The van der Waals surface area contributed by atoms with Gasteiger partial charge in [-0.15, -0.1) is 0 Å². The maximum absolute atomic E-state index is 13.2. The van der Waals surface area contributed by atoms with Crippen molar-refractivity contribution in [2.45, 2.75) is 27.7 Å². The second-order valence-corrected chi connectivity index (χ2v) is 7.09. The number of amides is 2. The van der Waals surface area contributed by atoms with Gasteiger partial charge in [-0.3, -0.25) is 9.59 Å². The van der Waals surface area contributed by atoms with Crippen LogP contribution in [0.25, 0.3) is 5.69 Å². The summed E-state index contributed by atoms with van der Waals surface area (Å²) in [5.41, 5.74) is 5.52. The SMILES string of the molecule is Cc1cccc(C)c1NC(=O)CNC(=O)c1cc(C)n(-c2ccc(F)cc2)c1C. The van der Waals surface area contributed by atoms with Gasteiger partial charge >= 0.3 is 0 Å². The molecule has 5 nitrogen and oxygen atoms in total. The van der Waals surface area contributed by atoms with E-state index >= 15 is 0 Å². The van der Waals surface area contributed by atoms with E-state index in [9.17, 15) is 14.0 Å². The van der Waals surface area contributed by atoms with Crippen LogP contribution in [0.15, 0.2) is 48.5 Å². The highest BCUT2D eigenvalue weighted by Crippen LogP contribution is 2.21. The van der Waals surface area contributed by atoms with E-state index in [1.165, 1.54) is 12.1 Å². The van der Waals surface area contributed by atoms with E-state index in [1.54, 1.807) is 18.2 Å².